The molecule has 1 atom stereocenters. The minimum absolute atomic E-state index is 0.0581. The van der Waals surface area contributed by atoms with Gasteiger partial charge in [-0.05, 0) is 6.92 Å². The molecular formula is C25H32F3N5O4. The Morgan fingerprint density at radius 2 is 2.03 bits per heavy atom. The maximum Gasteiger partial charge on any atom is 0.273 e. The monoisotopic (exact) mass is 523 g/mol. The largest absolute Gasteiger partial charge is 0.395 e. The number of nitrogens with one attached hydrogen (secondary N) is 2. The SMILES string of the molecule is COC1(C(=O)N2Cc3nc(NCCO)nc(N[C@H](C)c4cccc(C(C)(F)F)c4F)c3C2)CCOCC1. The summed E-state index contributed by atoms with van der Waals surface area (Å²) in [4.78, 5) is 24.2. The van der Waals surface area contributed by atoms with Crippen LogP contribution in [-0.2, 0) is 33.3 Å². The number of anilines is 2. The molecule has 12 heteroatoms. The molecule has 1 aromatic carbocycles. The Morgan fingerprint density at radius 1 is 1.30 bits per heavy atom. The predicted molar refractivity (Wildman–Crippen MR) is 130 cm³/mol. The highest BCUT2D eigenvalue weighted by Crippen LogP contribution is 2.36. The molecule has 0 bridgehead atoms. The number of aliphatic hydroxyl groups excluding tert-OH is 1. The van der Waals surface area contributed by atoms with Gasteiger partial charge in [0.15, 0.2) is 5.60 Å². The van der Waals surface area contributed by atoms with Gasteiger partial charge in [-0.3, -0.25) is 4.79 Å². The number of ether oxygens (including phenoxy) is 2. The molecule has 1 fully saturated rings. The predicted octanol–water partition coefficient (Wildman–Crippen LogP) is 3.34. The van der Waals surface area contributed by atoms with E-state index in [1.165, 1.54) is 19.2 Å². The van der Waals surface area contributed by atoms with Crippen molar-refractivity contribution >= 4 is 17.7 Å². The molecule has 1 aromatic heterocycles. The van der Waals surface area contributed by atoms with Gasteiger partial charge in [-0.25, -0.2) is 18.2 Å². The Labute approximate surface area is 213 Å². The maximum atomic E-state index is 15.0. The number of fused-ring (bicyclic) bond motifs is 1. The van der Waals surface area contributed by atoms with Crippen LogP contribution in [0.25, 0.3) is 0 Å². The molecule has 0 unspecified atom stereocenters. The molecule has 9 nitrogen and oxygen atoms in total. The van der Waals surface area contributed by atoms with E-state index in [2.05, 4.69) is 20.6 Å². The normalized spacial score (nSPS) is 17.9. The Kier molecular flexibility index (Phi) is 7.91. The fourth-order valence-electron chi connectivity index (χ4n) is 4.77. The summed E-state index contributed by atoms with van der Waals surface area (Å²) < 4.78 is 53.9. The molecule has 4 rings (SSSR count). The van der Waals surface area contributed by atoms with Crippen LogP contribution in [0.4, 0.5) is 24.9 Å². The molecule has 3 heterocycles. The van der Waals surface area contributed by atoms with Crippen LogP contribution in [0.5, 0.6) is 0 Å². The third-order valence-electron chi connectivity index (χ3n) is 6.87. The van der Waals surface area contributed by atoms with Crippen molar-refractivity contribution < 1.29 is 32.5 Å². The molecule has 0 aliphatic carbocycles. The summed E-state index contributed by atoms with van der Waals surface area (Å²) in [5.41, 5.74) is -0.379. The van der Waals surface area contributed by atoms with Gasteiger partial charge in [0.2, 0.25) is 5.95 Å². The van der Waals surface area contributed by atoms with Crippen molar-refractivity contribution in [2.45, 2.75) is 57.3 Å². The molecule has 202 valence electrons. The molecule has 1 saturated heterocycles. The molecule has 1 amide bonds. The Balaban J connectivity index is 1.64. The summed E-state index contributed by atoms with van der Waals surface area (Å²) in [5.74, 6) is -3.93. The van der Waals surface area contributed by atoms with Crippen molar-refractivity contribution in [2.75, 3.05) is 44.1 Å². The number of rotatable bonds is 9. The van der Waals surface area contributed by atoms with Gasteiger partial charge in [0, 0.05) is 57.8 Å². The van der Waals surface area contributed by atoms with Crippen molar-refractivity contribution in [1.29, 1.82) is 0 Å². The van der Waals surface area contributed by atoms with Crippen LogP contribution >= 0.6 is 0 Å². The zero-order valence-electron chi connectivity index (χ0n) is 21.1. The highest BCUT2D eigenvalue weighted by Gasteiger charge is 2.45. The first-order chi connectivity index (χ1) is 17.6. The smallest absolute Gasteiger partial charge is 0.273 e. The lowest BCUT2D eigenvalue weighted by atomic mass is 9.92. The number of aromatic nitrogens is 2. The fourth-order valence-corrected chi connectivity index (χ4v) is 4.77. The quantitative estimate of drug-likeness (QED) is 0.459. The number of halogens is 3. The second-order valence-electron chi connectivity index (χ2n) is 9.41. The van der Waals surface area contributed by atoms with E-state index in [9.17, 15) is 18.7 Å². The first-order valence-electron chi connectivity index (χ1n) is 12.2. The number of aliphatic hydroxyl groups is 1. The van der Waals surface area contributed by atoms with Gasteiger partial charge in [-0.2, -0.15) is 4.98 Å². The Bertz CT molecular complexity index is 1140. The maximum absolute atomic E-state index is 15.0. The molecule has 3 N–H and O–H groups in total. The van der Waals surface area contributed by atoms with E-state index in [-0.39, 0.29) is 43.7 Å². The zero-order chi connectivity index (χ0) is 26.8. The Morgan fingerprint density at radius 3 is 2.68 bits per heavy atom. The lowest BCUT2D eigenvalue weighted by Crippen LogP contribution is -2.51. The molecule has 0 saturated carbocycles. The van der Waals surface area contributed by atoms with E-state index >= 15 is 4.39 Å². The van der Waals surface area contributed by atoms with Crippen molar-refractivity contribution in [3.63, 3.8) is 0 Å². The fraction of sp³-hybridized carbons (Fsp3) is 0.560. The van der Waals surface area contributed by atoms with Gasteiger partial charge >= 0.3 is 0 Å². The summed E-state index contributed by atoms with van der Waals surface area (Å²) in [7, 11) is 1.51. The summed E-state index contributed by atoms with van der Waals surface area (Å²) in [6.07, 6.45) is 0.869. The lowest BCUT2D eigenvalue weighted by molar-refractivity contribution is -0.167. The van der Waals surface area contributed by atoms with Gasteiger partial charge < -0.3 is 30.1 Å². The van der Waals surface area contributed by atoms with Crippen molar-refractivity contribution in [3.05, 3.63) is 46.4 Å². The van der Waals surface area contributed by atoms with Gasteiger partial charge in [-0.1, -0.05) is 18.2 Å². The standard InChI is InChI=1S/C25H32F3N5O4/c1-15(16-5-4-6-18(20(16)26)24(2,27)28)30-21-17-13-33(14-19(17)31-23(32-21)29-9-10-34)22(35)25(36-3)7-11-37-12-8-25/h4-6,15,34H,7-14H2,1-3H3,(H2,29,30,31,32)/t15-/m1/s1. The second kappa shape index (κ2) is 10.8. The molecule has 0 radical (unpaired) electrons. The molecule has 2 aromatic rings. The summed E-state index contributed by atoms with van der Waals surface area (Å²) in [6.45, 7) is 3.60. The van der Waals surface area contributed by atoms with Gasteiger partial charge in [-0.15, -0.1) is 0 Å². The highest BCUT2D eigenvalue weighted by molar-refractivity contribution is 5.86. The zero-order valence-corrected chi connectivity index (χ0v) is 21.1. The van der Waals surface area contributed by atoms with Crippen LogP contribution in [-0.4, -0.2) is 65.0 Å². The number of benzene rings is 1. The second-order valence-corrected chi connectivity index (χ2v) is 9.41. The number of hydrogen-bond donors (Lipinski definition) is 3. The average Bonchev–Trinajstić information content (AvgIpc) is 3.31. The minimum atomic E-state index is -3.33. The molecule has 37 heavy (non-hydrogen) atoms. The molecule has 2 aliphatic rings. The van der Waals surface area contributed by atoms with Crippen molar-refractivity contribution in [3.8, 4) is 0 Å². The van der Waals surface area contributed by atoms with Crippen molar-refractivity contribution in [2.24, 2.45) is 0 Å². The van der Waals surface area contributed by atoms with Gasteiger partial charge in [0.1, 0.15) is 11.6 Å². The van der Waals surface area contributed by atoms with E-state index in [0.717, 1.165) is 6.07 Å². The van der Waals surface area contributed by atoms with Gasteiger partial charge in [0.05, 0.1) is 37.0 Å². The van der Waals surface area contributed by atoms with Crippen LogP contribution in [0.15, 0.2) is 18.2 Å². The van der Waals surface area contributed by atoms with Crippen LogP contribution in [0.3, 0.4) is 0 Å². The van der Waals surface area contributed by atoms with Crippen LogP contribution in [0, 0.1) is 5.82 Å². The number of hydrogen-bond acceptors (Lipinski definition) is 8. The van der Waals surface area contributed by atoms with Crippen LogP contribution < -0.4 is 10.6 Å². The topological polar surface area (TPSA) is 109 Å². The van der Waals surface area contributed by atoms with Crippen molar-refractivity contribution in [1.82, 2.24) is 14.9 Å². The number of methoxy groups -OCH3 is 1. The minimum Gasteiger partial charge on any atom is -0.395 e. The van der Waals surface area contributed by atoms with E-state index in [0.29, 0.717) is 50.1 Å². The molecule has 2 aliphatic heterocycles. The number of amides is 1. The van der Waals surface area contributed by atoms with Crippen LogP contribution in [0.2, 0.25) is 0 Å². The first kappa shape index (κ1) is 27.1. The van der Waals surface area contributed by atoms with E-state index in [1.807, 2.05) is 0 Å². The summed E-state index contributed by atoms with van der Waals surface area (Å²) in [5, 5.41) is 15.3. The Hall–Kier alpha value is -2.96. The van der Waals surface area contributed by atoms with E-state index in [1.54, 1.807) is 11.8 Å². The third kappa shape index (κ3) is 5.51. The van der Waals surface area contributed by atoms with Gasteiger partial charge in [0.25, 0.3) is 11.8 Å². The highest BCUT2D eigenvalue weighted by atomic mass is 19.3. The number of alkyl halides is 2. The van der Waals surface area contributed by atoms with E-state index < -0.39 is 28.9 Å². The number of carbonyl (C=O) groups excluding carboxylic acids is 1. The summed E-state index contributed by atoms with van der Waals surface area (Å²) >= 11 is 0. The molecular weight excluding hydrogens is 491 g/mol. The third-order valence-corrected chi connectivity index (χ3v) is 6.87. The average molecular weight is 524 g/mol. The molecule has 0 spiro atoms. The van der Waals surface area contributed by atoms with E-state index in [4.69, 9.17) is 9.47 Å². The summed E-state index contributed by atoms with van der Waals surface area (Å²) in [6, 6.07) is 3.17. The first-order valence-corrected chi connectivity index (χ1v) is 12.2. The number of carbonyl (C=O) groups is 1. The number of nitrogens with zero attached hydrogens (tertiary/aromatic N) is 3. The van der Waals surface area contributed by atoms with Crippen LogP contribution in [0.1, 0.15) is 55.1 Å². The lowest BCUT2D eigenvalue weighted by Gasteiger charge is -2.37.